The minimum atomic E-state index is -3.61. The molecule has 0 bridgehead atoms. The number of likely N-dealkylation sites (N-methyl/N-ethyl adjacent to an activating group) is 1. The average Bonchev–Trinajstić information content (AvgIpc) is 2.73. The molecule has 1 aliphatic heterocycles. The van der Waals surface area contributed by atoms with E-state index in [4.69, 9.17) is 14.2 Å². The molecule has 0 aromatic heterocycles. The molecule has 2 aromatic carbocycles. The van der Waals surface area contributed by atoms with E-state index in [0.29, 0.717) is 37.9 Å². The van der Waals surface area contributed by atoms with Crippen molar-refractivity contribution in [3.05, 3.63) is 48.0 Å². The minimum absolute atomic E-state index is 0.0996. The van der Waals surface area contributed by atoms with Crippen molar-refractivity contribution in [2.75, 3.05) is 39.2 Å². The van der Waals surface area contributed by atoms with E-state index in [1.54, 1.807) is 13.1 Å². The van der Waals surface area contributed by atoms with Crippen LogP contribution < -0.4 is 14.2 Å². The van der Waals surface area contributed by atoms with E-state index in [1.165, 1.54) is 17.0 Å². The molecule has 8 heteroatoms. The van der Waals surface area contributed by atoms with E-state index >= 15 is 0 Å². The maximum atomic E-state index is 12.6. The summed E-state index contributed by atoms with van der Waals surface area (Å²) in [5, 5.41) is 0. The predicted molar refractivity (Wildman–Crippen MR) is 108 cm³/mol. The Morgan fingerprint density at radius 3 is 2.59 bits per heavy atom. The van der Waals surface area contributed by atoms with Gasteiger partial charge in [0.05, 0.1) is 17.2 Å². The van der Waals surface area contributed by atoms with Gasteiger partial charge >= 0.3 is 0 Å². The van der Waals surface area contributed by atoms with Crippen LogP contribution in [0.4, 0.5) is 0 Å². The first-order chi connectivity index (χ1) is 13.9. The van der Waals surface area contributed by atoms with Crippen LogP contribution in [0, 0.1) is 6.92 Å². The van der Waals surface area contributed by atoms with Crippen LogP contribution in [0.2, 0.25) is 0 Å². The number of rotatable bonds is 8. The summed E-state index contributed by atoms with van der Waals surface area (Å²) in [6.07, 6.45) is -0.0996. The maximum absolute atomic E-state index is 12.6. The number of sulfone groups is 1. The van der Waals surface area contributed by atoms with Gasteiger partial charge in [-0.2, -0.15) is 0 Å². The van der Waals surface area contributed by atoms with E-state index < -0.39 is 9.84 Å². The van der Waals surface area contributed by atoms with Gasteiger partial charge in [0.15, 0.2) is 21.3 Å². The SMILES string of the molecule is Cc1ccccc1OCCN(C)C(=O)CCS(=O)(=O)c1ccc2c(c1)OCCO2. The summed E-state index contributed by atoms with van der Waals surface area (Å²) in [7, 11) is -1.97. The van der Waals surface area contributed by atoms with E-state index in [9.17, 15) is 13.2 Å². The predicted octanol–water partition coefficient (Wildman–Crippen LogP) is 2.47. The molecule has 0 radical (unpaired) electrons. The number of ether oxygens (including phenoxy) is 3. The zero-order valence-electron chi connectivity index (χ0n) is 16.6. The number of fused-ring (bicyclic) bond motifs is 1. The number of amides is 1. The molecule has 0 spiro atoms. The summed E-state index contributed by atoms with van der Waals surface area (Å²) in [6.45, 7) is 3.48. The maximum Gasteiger partial charge on any atom is 0.223 e. The third-order valence-electron chi connectivity index (χ3n) is 4.66. The van der Waals surface area contributed by atoms with Crippen molar-refractivity contribution < 1.29 is 27.4 Å². The Labute approximate surface area is 171 Å². The smallest absolute Gasteiger partial charge is 0.223 e. The van der Waals surface area contributed by atoms with Gasteiger partial charge in [-0.15, -0.1) is 0 Å². The zero-order chi connectivity index (χ0) is 20.9. The van der Waals surface area contributed by atoms with Gasteiger partial charge in [-0.05, 0) is 30.7 Å². The third kappa shape index (κ3) is 5.41. The van der Waals surface area contributed by atoms with E-state index in [0.717, 1.165) is 11.3 Å². The van der Waals surface area contributed by atoms with Gasteiger partial charge in [-0.25, -0.2) is 8.42 Å². The Balaban J connectivity index is 1.50. The topological polar surface area (TPSA) is 82.1 Å². The summed E-state index contributed by atoms with van der Waals surface area (Å²) >= 11 is 0. The fourth-order valence-electron chi connectivity index (χ4n) is 2.88. The first-order valence-electron chi connectivity index (χ1n) is 9.41. The number of hydrogen-bond donors (Lipinski definition) is 0. The van der Waals surface area contributed by atoms with Crippen molar-refractivity contribution in [1.29, 1.82) is 0 Å². The van der Waals surface area contributed by atoms with Crippen LogP contribution in [0.15, 0.2) is 47.4 Å². The Bertz CT molecular complexity index is 973. The Morgan fingerprint density at radius 2 is 1.83 bits per heavy atom. The molecule has 3 rings (SSSR count). The monoisotopic (exact) mass is 419 g/mol. The molecule has 0 unspecified atom stereocenters. The largest absolute Gasteiger partial charge is 0.491 e. The lowest BCUT2D eigenvalue weighted by Crippen LogP contribution is -2.32. The fraction of sp³-hybridized carbons (Fsp3) is 0.381. The second-order valence-electron chi connectivity index (χ2n) is 6.80. The molecule has 1 aliphatic rings. The minimum Gasteiger partial charge on any atom is -0.491 e. The summed E-state index contributed by atoms with van der Waals surface area (Å²) in [5.74, 6) is 1.19. The van der Waals surface area contributed by atoms with Gasteiger partial charge in [0.2, 0.25) is 5.91 Å². The highest BCUT2D eigenvalue weighted by Crippen LogP contribution is 2.32. The van der Waals surface area contributed by atoms with Crippen LogP contribution in [0.3, 0.4) is 0 Å². The van der Waals surface area contributed by atoms with Crippen LogP contribution >= 0.6 is 0 Å². The summed E-state index contributed by atoms with van der Waals surface area (Å²) in [4.78, 5) is 13.9. The molecule has 7 nitrogen and oxygen atoms in total. The van der Waals surface area contributed by atoms with E-state index in [1.807, 2.05) is 31.2 Å². The summed E-state index contributed by atoms with van der Waals surface area (Å²) < 4.78 is 41.7. The van der Waals surface area contributed by atoms with E-state index in [-0.39, 0.29) is 23.0 Å². The van der Waals surface area contributed by atoms with Crippen molar-refractivity contribution in [2.24, 2.45) is 0 Å². The number of benzene rings is 2. The second kappa shape index (κ2) is 9.17. The fourth-order valence-corrected chi connectivity index (χ4v) is 4.12. The van der Waals surface area contributed by atoms with Gasteiger partial charge < -0.3 is 19.1 Å². The lowest BCUT2D eigenvalue weighted by atomic mass is 10.2. The molecule has 156 valence electrons. The van der Waals surface area contributed by atoms with Crippen molar-refractivity contribution in [3.8, 4) is 17.2 Å². The zero-order valence-corrected chi connectivity index (χ0v) is 17.4. The van der Waals surface area contributed by atoms with Crippen molar-refractivity contribution >= 4 is 15.7 Å². The van der Waals surface area contributed by atoms with Gasteiger partial charge in [-0.3, -0.25) is 4.79 Å². The summed E-state index contributed by atoms with van der Waals surface area (Å²) in [5.41, 5.74) is 1.02. The van der Waals surface area contributed by atoms with Gasteiger partial charge in [-0.1, -0.05) is 18.2 Å². The lowest BCUT2D eigenvalue weighted by molar-refractivity contribution is -0.129. The number of aryl methyl sites for hydroxylation is 1. The van der Waals surface area contributed by atoms with Gasteiger partial charge in [0.1, 0.15) is 25.6 Å². The second-order valence-corrected chi connectivity index (χ2v) is 8.91. The number of carbonyl (C=O) groups is 1. The summed E-state index contributed by atoms with van der Waals surface area (Å²) in [6, 6.07) is 12.2. The van der Waals surface area contributed by atoms with E-state index in [2.05, 4.69) is 0 Å². The van der Waals surface area contributed by atoms with Gasteiger partial charge in [0.25, 0.3) is 0 Å². The molecule has 0 saturated carbocycles. The Morgan fingerprint density at radius 1 is 1.10 bits per heavy atom. The molecule has 0 saturated heterocycles. The van der Waals surface area contributed by atoms with Crippen molar-refractivity contribution in [2.45, 2.75) is 18.2 Å². The number of nitrogens with zero attached hydrogens (tertiary/aromatic N) is 1. The number of carbonyl (C=O) groups excluding carboxylic acids is 1. The molecule has 0 atom stereocenters. The van der Waals surface area contributed by atoms with Crippen LogP contribution in [0.5, 0.6) is 17.2 Å². The van der Waals surface area contributed by atoms with Crippen molar-refractivity contribution in [1.82, 2.24) is 4.90 Å². The molecule has 0 N–H and O–H groups in total. The molecule has 0 aliphatic carbocycles. The highest BCUT2D eigenvalue weighted by atomic mass is 32.2. The Hall–Kier alpha value is -2.74. The molecular weight excluding hydrogens is 394 g/mol. The molecule has 2 aromatic rings. The molecule has 1 amide bonds. The quantitative estimate of drug-likeness (QED) is 0.654. The normalized spacial score (nSPS) is 13.0. The number of hydrogen-bond acceptors (Lipinski definition) is 6. The van der Waals surface area contributed by atoms with Crippen LogP contribution in [-0.4, -0.2) is 58.4 Å². The third-order valence-corrected chi connectivity index (χ3v) is 6.37. The van der Waals surface area contributed by atoms with Crippen molar-refractivity contribution in [3.63, 3.8) is 0 Å². The highest BCUT2D eigenvalue weighted by Gasteiger charge is 2.21. The first-order valence-corrected chi connectivity index (χ1v) is 11.1. The number of para-hydroxylation sites is 1. The molecular formula is C21H25NO6S. The molecule has 29 heavy (non-hydrogen) atoms. The molecule has 0 fully saturated rings. The van der Waals surface area contributed by atoms with Gasteiger partial charge in [0, 0.05) is 19.5 Å². The van der Waals surface area contributed by atoms with Crippen LogP contribution in [0.25, 0.3) is 0 Å². The average molecular weight is 419 g/mol. The highest BCUT2D eigenvalue weighted by molar-refractivity contribution is 7.91. The lowest BCUT2D eigenvalue weighted by Gasteiger charge is -2.19. The standard InChI is InChI=1S/C21H25NO6S/c1-16-5-3-4-6-18(16)26-11-10-22(2)21(23)9-14-29(24,25)17-7-8-19-20(15-17)28-13-12-27-19/h3-8,15H,9-14H2,1-2H3. The van der Waals surface area contributed by atoms with Crippen LogP contribution in [0.1, 0.15) is 12.0 Å². The Kier molecular flexibility index (Phi) is 6.64. The first kappa shape index (κ1) is 21.0. The van der Waals surface area contributed by atoms with Crippen LogP contribution in [-0.2, 0) is 14.6 Å². The molecule has 1 heterocycles.